The van der Waals surface area contributed by atoms with Crippen LogP contribution in [0.1, 0.15) is 31.4 Å². The van der Waals surface area contributed by atoms with E-state index in [1.165, 1.54) is 17.8 Å². The highest BCUT2D eigenvalue weighted by atomic mass is 32.2. The summed E-state index contributed by atoms with van der Waals surface area (Å²) in [4.78, 5) is 16.1. The van der Waals surface area contributed by atoms with Gasteiger partial charge in [-0.25, -0.2) is 13.8 Å². The van der Waals surface area contributed by atoms with Crippen LogP contribution in [0.2, 0.25) is 0 Å². The third-order valence-corrected chi connectivity index (χ3v) is 4.87. The number of nitrogens with zero attached hydrogens (tertiary/aromatic N) is 1. The maximum atomic E-state index is 14.0. The molecule has 2 aliphatic rings. The lowest BCUT2D eigenvalue weighted by Gasteiger charge is -2.27. The van der Waals surface area contributed by atoms with Crippen molar-refractivity contribution in [2.45, 2.75) is 49.3 Å². The van der Waals surface area contributed by atoms with Gasteiger partial charge in [-0.2, -0.15) is 0 Å². The molecule has 0 spiro atoms. The fourth-order valence-corrected chi connectivity index (χ4v) is 3.47. The fourth-order valence-electron chi connectivity index (χ4n) is 2.69. The lowest BCUT2D eigenvalue weighted by atomic mass is 9.93. The van der Waals surface area contributed by atoms with Crippen LogP contribution in [-0.2, 0) is 11.3 Å². The second-order valence-corrected chi connectivity index (χ2v) is 6.41. The number of fused-ring (bicyclic) bond motifs is 1. The number of anilines is 1. The fraction of sp³-hybridized carbons (Fsp3) is 0.571. The number of rotatable bonds is 3. The van der Waals surface area contributed by atoms with Crippen LogP contribution < -0.4 is 10.6 Å². The Labute approximate surface area is 126 Å². The molecule has 0 unspecified atom stereocenters. The summed E-state index contributed by atoms with van der Waals surface area (Å²) < 4.78 is 27.7. The smallest absolute Gasteiger partial charge is 0.235 e. The predicted molar refractivity (Wildman–Crippen MR) is 77.5 cm³/mol. The van der Waals surface area contributed by atoms with Crippen molar-refractivity contribution >= 4 is 23.5 Å². The zero-order valence-electron chi connectivity index (χ0n) is 11.5. The molecule has 2 N–H and O–H groups in total. The van der Waals surface area contributed by atoms with Gasteiger partial charge in [0.1, 0.15) is 17.8 Å². The van der Waals surface area contributed by atoms with Gasteiger partial charge < -0.3 is 10.6 Å². The number of thioether (sulfide) groups is 1. The number of nitrogens with one attached hydrogen (secondary N) is 2. The first-order chi connectivity index (χ1) is 10.1. The van der Waals surface area contributed by atoms with Crippen molar-refractivity contribution in [2.24, 2.45) is 0 Å². The maximum Gasteiger partial charge on any atom is 0.235 e. The van der Waals surface area contributed by atoms with Crippen molar-refractivity contribution in [2.75, 3.05) is 11.1 Å². The molecule has 4 nitrogen and oxygen atoms in total. The number of alkyl halides is 1. The molecule has 0 aromatic carbocycles. The average molecular weight is 313 g/mol. The number of carbonyl (C=O) groups excluding carboxylic acids is 1. The van der Waals surface area contributed by atoms with Gasteiger partial charge in [0.25, 0.3) is 0 Å². The molecular formula is C14H17F2N3OS. The van der Waals surface area contributed by atoms with Crippen LogP contribution in [0.15, 0.2) is 11.0 Å². The number of hydrogen-bond donors (Lipinski definition) is 2. The molecule has 114 valence electrons. The first-order valence-electron chi connectivity index (χ1n) is 7.13. The summed E-state index contributed by atoms with van der Waals surface area (Å²) in [5, 5.41) is 5.68. The topological polar surface area (TPSA) is 54.0 Å². The van der Waals surface area contributed by atoms with E-state index >= 15 is 0 Å². The van der Waals surface area contributed by atoms with Gasteiger partial charge >= 0.3 is 0 Å². The number of hydrogen-bond acceptors (Lipinski definition) is 4. The van der Waals surface area contributed by atoms with E-state index in [9.17, 15) is 13.6 Å². The second kappa shape index (κ2) is 6.27. The number of halogens is 2. The van der Waals surface area contributed by atoms with E-state index in [0.29, 0.717) is 17.1 Å². The lowest BCUT2D eigenvalue weighted by molar-refractivity contribution is -0.113. The highest BCUT2D eigenvalue weighted by Crippen LogP contribution is 2.31. The van der Waals surface area contributed by atoms with Gasteiger partial charge in [0.15, 0.2) is 0 Å². The van der Waals surface area contributed by atoms with Crippen LogP contribution in [0.4, 0.5) is 14.6 Å². The van der Waals surface area contributed by atoms with E-state index < -0.39 is 12.0 Å². The number of amides is 1. The molecule has 1 aliphatic heterocycles. The van der Waals surface area contributed by atoms with Crippen LogP contribution in [0.25, 0.3) is 0 Å². The summed E-state index contributed by atoms with van der Waals surface area (Å²) >= 11 is 1.27. The Balaban J connectivity index is 1.70. The molecule has 3 rings (SSSR count). The molecular weight excluding hydrogens is 296 g/mol. The van der Waals surface area contributed by atoms with Crippen molar-refractivity contribution in [3.05, 3.63) is 17.6 Å². The van der Waals surface area contributed by atoms with Crippen molar-refractivity contribution in [1.29, 1.82) is 0 Å². The van der Waals surface area contributed by atoms with Crippen LogP contribution >= 0.6 is 11.8 Å². The van der Waals surface area contributed by atoms with Gasteiger partial charge in [-0.15, -0.1) is 11.8 Å². The minimum atomic E-state index is -0.880. The van der Waals surface area contributed by atoms with Gasteiger partial charge in [-0.3, -0.25) is 4.79 Å². The SMILES string of the molecule is O=C1CSc2cc(F)c(CN[C@@H]3CCCC[C@@H]3F)nc2N1. The van der Waals surface area contributed by atoms with Crippen molar-refractivity contribution in [1.82, 2.24) is 10.3 Å². The van der Waals surface area contributed by atoms with E-state index in [4.69, 9.17) is 0 Å². The van der Waals surface area contributed by atoms with E-state index in [0.717, 1.165) is 19.3 Å². The molecule has 1 saturated carbocycles. The highest BCUT2D eigenvalue weighted by Gasteiger charge is 2.25. The molecule has 0 bridgehead atoms. The number of pyridine rings is 1. The molecule has 1 amide bonds. The summed E-state index contributed by atoms with van der Waals surface area (Å²) in [6.07, 6.45) is 2.35. The molecule has 2 heterocycles. The standard InChI is InChI=1S/C14H17F2N3OS/c15-8-3-1-2-4-10(8)17-6-11-9(16)5-12-14(18-11)19-13(20)7-21-12/h5,8,10,17H,1-4,6-7H2,(H,18,19,20)/t8-,10+/m0/s1. The van der Waals surface area contributed by atoms with E-state index in [2.05, 4.69) is 15.6 Å². The minimum absolute atomic E-state index is 0.137. The van der Waals surface area contributed by atoms with Gasteiger partial charge in [0.2, 0.25) is 5.91 Å². The Kier molecular flexibility index (Phi) is 4.40. The largest absolute Gasteiger partial charge is 0.309 e. The first kappa shape index (κ1) is 14.7. The molecule has 1 aromatic rings. The third kappa shape index (κ3) is 3.35. The molecule has 21 heavy (non-hydrogen) atoms. The lowest BCUT2D eigenvalue weighted by Crippen LogP contribution is -2.39. The molecule has 7 heteroatoms. The number of aromatic nitrogens is 1. The van der Waals surface area contributed by atoms with Crippen molar-refractivity contribution < 1.29 is 13.6 Å². The monoisotopic (exact) mass is 313 g/mol. The summed E-state index contributed by atoms with van der Waals surface area (Å²) in [6, 6.07) is 1.15. The van der Waals surface area contributed by atoms with Crippen LogP contribution in [0.3, 0.4) is 0 Å². The van der Waals surface area contributed by atoms with Crippen molar-refractivity contribution in [3.8, 4) is 0 Å². The van der Waals surface area contributed by atoms with Crippen LogP contribution in [0.5, 0.6) is 0 Å². The molecule has 1 aromatic heterocycles. The summed E-state index contributed by atoms with van der Waals surface area (Å²) in [7, 11) is 0. The third-order valence-electron chi connectivity index (χ3n) is 3.84. The Morgan fingerprint density at radius 1 is 1.43 bits per heavy atom. The molecule has 0 saturated heterocycles. The molecule has 0 radical (unpaired) electrons. The van der Waals surface area contributed by atoms with Gasteiger partial charge in [-0.1, -0.05) is 12.8 Å². The van der Waals surface area contributed by atoms with Crippen LogP contribution in [0, 0.1) is 5.82 Å². The van der Waals surface area contributed by atoms with E-state index in [-0.39, 0.29) is 29.9 Å². The van der Waals surface area contributed by atoms with Gasteiger partial charge in [0, 0.05) is 12.6 Å². The Bertz CT molecular complexity index is 555. The normalized spacial score (nSPS) is 25.3. The number of carbonyl (C=O) groups is 1. The quantitative estimate of drug-likeness (QED) is 0.901. The molecule has 1 aliphatic carbocycles. The average Bonchev–Trinajstić information content (AvgIpc) is 2.47. The minimum Gasteiger partial charge on any atom is -0.309 e. The zero-order chi connectivity index (χ0) is 14.8. The summed E-state index contributed by atoms with van der Waals surface area (Å²) in [5.74, 6) is 0.116. The molecule has 1 fully saturated rings. The zero-order valence-corrected chi connectivity index (χ0v) is 12.3. The Morgan fingerprint density at radius 2 is 2.24 bits per heavy atom. The van der Waals surface area contributed by atoms with Crippen molar-refractivity contribution in [3.63, 3.8) is 0 Å². The highest BCUT2D eigenvalue weighted by molar-refractivity contribution is 8.00. The maximum absolute atomic E-state index is 14.0. The summed E-state index contributed by atoms with van der Waals surface area (Å²) in [6.45, 7) is 0.171. The molecule has 2 atom stereocenters. The van der Waals surface area contributed by atoms with E-state index in [1.54, 1.807) is 0 Å². The van der Waals surface area contributed by atoms with Crippen LogP contribution in [-0.4, -0.2) is 28.9 Å². The Morgan fingerprint density at radius 3 is 3.05 bits per heavy atom. The predicted octanol–water partition coefficient (Wildman–Crippen LogP) is 2.64. The van der Waals surface area contributed by atoms with E-state index in [1.807, 2.05) is 0 Å². The summed E-state index contributed by atoms with van der Waals surface area (Å²) in [5.41, 5.74) is 0.217. The first-order valence-corrected chi connectivity index (χ1v) is 8.11. The Hall–Kier alpha value is -1.21. The second-order valence-electron chi connectivity index (χ2n) is 5.39. The van der Waals surface area contributed by atoms with Gasteiger partial charge in [0.05, 0.1) is 16.3 Å². The van der Waals surface area contributed by atoms with Gasteiger partial charge in [-0.05, 0) is 18.9 Å².